The highest BCUT2D eigenvalue weighted by Gasteiger charge is 2.14. The number of hydrogen-bond donors (Lipinski definition) is 0. The van der Waals surface area contributed by atoms with Crippen LogP contribution in [0.15, 0.2) is 71.5 Å². The number of tetrazole rings is 1. The number of nitrogens with zero attached hydrogens (tertiary/aromatic N) is 4. The fourth-order valence-corrected chi connectivity index (χ4v) is 3.55. The van der Waals surface area contributed by atoms with Crippen LogP contribution in [0.5, 0.6) is 5.75 Å². The van der Waals surface area contributed by atoms with E-state index in [0.717, 1.165) is 23.3 Å². The van der Waals surface area contributed by atoms with Crippen LogP contribution in [0.1, 0.15) is 23.6 Å². The Balaban J connectivity index is 1.63. The lowest BCUT2D eigenvalue weighted by atomic mass is 9.98. The summed E-state index contributed by atoms with van der Waals surface area (Å²) in [4.78, 5) is 12.3. The van der Waals surface area contributed by atoms with Crippen molar-refractivity contribution in [3.05, 3.63) is 93.9 Å². The maximum absolute atomic E-state index is 12.3. The Morgan fingerprint density at radius 1 is 0.967 bits per heavy atom. The third-order valence-electron chi connectivity index (χ3n) is 5.26. The Bertz CT molecular complexity index is 1230. The molecule has 0 bridgehead atoms. The van der Waals surface area contributed by atoms with E-state index in [0.29, 0.717) is 12.3 Å². The topological polar surface area (TPSA) is 61.9 Å². The minimum Gasteiger partial charge on any atom is -0.489 e. The minimum atomic E-state index is -0.290. The molecular formula is C24H24N4O2. The van der Waals surface area contributed by atoms with Crippen LogP contribution < -0.4 is 10.4 Å². The molecule has 0 unspecified atom stereocenters. The molecule has 0 saturated heterocycles. The molecule has 3 aromatic carbocycles. The maximum Gasteiger partial charge on any atom is 0.368 e. The van der Waals surface area contributed by atoms with E-state index in [2.05, 4.69) is 41.6 Å². The summed E-state index contributed by atoms with van der Waals surface area (Å²) in [5, 5.41) is 7.80. The van der Waals surface area contributed by atoms with Crippen molar-refractivity contribution in [1.29, 1.82) is 0 Å². The number of aryl methyl sites for hydroxylation is 3. The molecule has 1 heterocycles. The third-order valence-corrected chi connectivity index (χ3v) is 5.26. The first-order chi connectivity index (χ1) is 14.6. The van der Waals surface area contributed by atoms with Gasteiger partial charge in [0.15, 0.2) is 0 Å². The number of hydrogen-bond acceptors (Lipinski definition) is 4. The monoisotopic (exact) mass is 400 g/mol. The van der Waals surface area contributed by atoms with Gasteiger partial charge in [-0.05, 0) is 64.2 Å². The van der Waals surface area contributed by atoms with Crippen LogP contribution in [0, 0.1) is 6.92 Å². The number of aromatic nitrogens is 4. The Morgan fingerprint density at radius 3 is 2.47 bits per heavy atom. The Hall–Kier alpha value is -3.67. The van der Waals surface area contributed by atoms with Crippen molar-refractivity contribution in [3.63, 3.8) is 0 Å². The molecule has 0 saturated carbocycles. The van der Waals surface area contributed by atoms with Gasteiger partial charge in [0.25, 0.3) is 0 Å². The molecule has 0 aliphatic rings. The SMILES string of the molecule is CCc1cc(OCc2c(C)cccc2-n2nnn(C)c2=O)ccc1-c1ccccc1. The van der Waals surface area contributed by atoms with Crippen molar-refractivity contribution in [2.45, 2.75) is 26.9 Å². The van der Waals surface area contributed by atoms with Gasteiger partial charge in [0.05, 0.1) is 5.69 Å². The first-order valence-electron chi connectivity index (χ1n) is 9.97. The van der Waals surface area contributed by atoms with Crippen molar-refractivity contribution in [2.75, 3.05) is 0 Å². The molecule has 1 aromatic heterocycles. The van der Waals surface area contributed by atoms with Gasteiger partial charge < -0.3 is 4.74 Å². The van der Waals surface area contributed by atoms with Gasteiger partial charge >= 0.3 is 5.69 Å². The van der Waals surface area contributed by atoms with E-state index in [4.69, 9.17) is 4.74 Å². The smallest absolute Gasteiger partial charge is 0.368 e. The minimum absolute atomic E-state index is 0.290. The van der Waals surface area contributed by atoms with E-state index >= 15 is 0 Å². The molecular weight excluding hydrogens is 376 g/mol. The molecule has 0 fully saturated rings. The molecule has 0 amide bonds. The van der Waals surface area contributed by atoms with Gasteiger partial charge in [0.2, 0.25) is 0 Å². The summed E-state index contributed by atoms with van der Waals surface area (Å²) in [7, 11) is 1.58. The lowest BCUT2D eigenvalue weighted by molar-refractivity contribution is 0.304. The molecule has 0 spiro atoms. The second kappa shape index (κ2) is 8.37. The largest absolute Gasteiger partial charge is 0.489 e. The average molecular weight is 400 g/mol. The highest BCUT2D eigenvalue weighted by atomic mass is 16.5. The molecule has 0 N–H and O–H groups in total. The van der Waals surface area contributed by atoms with E-state index in [9.17, 15) is 4.79 Å². The highest BCUT2D eigenvalue weighted by molar-refractivity contribution is 5.68. The summed E-state index contributed by atoms with van der Waals surface area (Å²) < 4.78 is 8.66. The fraction of sp³-hybridized carbons (Fsp3) is 0.208. The van der Waals surface area contributed by atoms with Crippen LogP contribution in [0.3, 0.4) is 0 Å². The van der Waals surface area contributed by atoms with Crippen molar-refractivity contribution in [2.24, 2.45) is 7.05 Å². The van der Waals surface area contributed by atoms with Crippen LogP contribution in [-0.4, -0.2) is 19.8 Å². The zero-order valence-corrected chi connectivity index (χ0v) is 17.4. The van der Waals surface area contributed by atoms with E-state index in [1.807, 2.05) is 49.4 Å². The Morgan fingerprint density at radius 2 is 1.77 bits per heavy atom. The fourth-order valence-electron chi connectivity index (χ4n) is 3.55. The predicted octanol–water partition coefficient (Wildman–Crippen LogP) is 4.08. The molecule has 4 rings (SSSR count). The lowest BCUT2D eigenvalue weighted by Crippen LogP contribution is -2.23. The van der Waals surface area contributed by atoms with Crippen molar-refractivity contribution < 1.29 is 4.74 Å². The van der Waals surface area contributed by atoms with E-state index in [1.165, 1.54) is 26.1 Å². The first-order valence-corrected chi connectivity index (χ1v) is 9.97. The van der Waals surface area contributed by atoms with Gasteiger partial charge in [-0.3, -0.25) is 0 Å². The summed E-state index contributed by atoms with van der Waals surface area (Å²) in [6, 6.07) is 22.3. The molecule has 0 aliphatic heterocycles. The molecule has 0 aliphatic carbocycles. The molecule has 0 atom stereocenters. The standard InChI is InChI=1S/C24H24N4O2/c1-4-18-15-20(13-14-21(18)19-10-6-5-7-11-19)30-16-22-17(2)9-8-12-23(22)28-24(29)27(3)25-26-28/h5-15H,4,16H2,1-3H3. The molecule has 6 nitrogen and oxygen atoms in total. The van der Waals surface area contributed by atoms with E-state index in [-0.39, 0.29) is 5.69 Å². The Kier molecular flexibility index (Phi) is 5.48. The molecule has 30 heavy (non-hydrogen) atoms. The summed E-state index contributed by atoms with van der Waals surface area (Å²) in [6.45, 7) is 4.48. The molecule has 6 heteroatoms. The summed E-state index contributed by atoms with van der Waals surface area (Å²) >= 11 is 0. The summed E-state index contributed by atoms with van der Waals surface area (Å²) in [6.07, 6.45) is 0.909. The van der Waals surface area contributed by atoms with Crippen LogP contribution in [0.2, 0.25) is 0 Å². The lowest BCUT2D eigenvalue weighted by Gasteiger charge is -2.15. The third kappa shape index (κ3) is 3.76. The van der Waals surface area contributed by atoms with Crippen molar-refractivity contribution >= 4 is 0 Å². The van der Waals surface area contributed by atoms with E-state index < -0.39 is 0 Å². The van der Waals surface area contributed by atoms with Crippen LogP contribution in [0.25, 0.3) is 16.8 Å². The zero-order valence-electron chi connectivity index (χ0n) is 17.4. The quantitative estimate of drug-likeness (QED) is 0.489. The average Bonchev–Trinajstić information content (AvgIpc) is 3.11. The van der Waals surface area contributed by atoms with Gasteiger partial charge in [0, 0.05) is 12.6 Å². The van der Waals surface area contributed by atoms with Crippen LogP contribution >= 0.6 is 0 Å². The highest BCUT2D eigenvalue weighted by Crippen LogP contribution is 2.29. The van der Waals surface area contributed by atoms with Crippen molar-refractivity contribution in [1.82, 2.24) is 19.8 Å². The number of benzene rings is 3. The van der Waals surface area contributed by atoms with E-state index in [1.54, 1.807) is 7.05 Å². The van der Waals surface area contributed by atoms with Crippen LogP contribution in [0.4, 0.5) is 0 Å². The first kappa shape index (κ1) is 19.6. The molecule has 152 valence electrons. The van der Waals surface area contributed by atoms with Gasteiger partial charge in [-0.1, -0.05) is 55.5 Å². The predicted molar refractivity (Wildman–Crippen MR) is 117 cm³/mol. The van der Waals surface area contributed by atoms with Gasteiger partial charge in [-0.2, -0.15) is 9.36 Å². The van der Waals surface area contributed by atoms with Gasteiger partial charge in [0.1, 0.15) is 12.4 Å². The van der Waals surface area contributed by atoms with Crippen molar-refractivity contribution in [3.8, 4) is 22.6 Å². The molecule has 4 aromatic rings. The summed E-state index contributed by atoms with van der Waals surface area (Å²) in [5.74, 6) is 0.798. The number of ether oxygens (including phenoxy) is 1. The second-order valence-corrected chi connectivity index (χ2v) is 7.20. The second-order valence-electron chi connectivity index (χ2n) is 7.20. The molecule has 0 radical (unpaired) electrons. The summed E-state index contributed by atoms with van der Waals surface area (Å²) in [5.41, 5.74) is 5.98. The number of rotatable bonds is 6. The Labute approximate surface area is 175 Å². The zero-order chi connectivity index (χ0) is 21.1. The maximum atomic E-state index is 12.3. The van der Waals surface area contributed by atoms with Gasteiger partial charge in [-0.15, -0.1) is 0 Å². The normalized spacial score (nSPS) is 10.9. The van der Waals surface area contributed by atoms with Gasteiger partial charge in [-0.25, -0.2) is 4.79 Å². The van der Waals surface area contributed by atoms with Crippen LogP contribution in [-0.2, 0) is 20.1 Å².